The predicted molar refractivity (Wildman–Crippen MR) is 77.6 cm³/mol. The van der Waals surface area contributed by atoms with Crippen LogP contribution in [-0.2, 0) is 24.1 Å². The van der Waals surface area contributed by atoms with E-state index in [0.717, 1.165) is 68.3 Å². The molecule has 108 valence electrons. The van der Waals surface area contributed by atoms with Crippen LogP contribution < -0.4 is 5.73 Å². The van der Waals surface area contributed by atoms with Crippen LogP contribution in [0.5, 0.6) is 0 Å². The summed E-state index contributed by atoms with van der Waals surface area (Å²) in [4.78, 5) is 0. The lowest BCUT2D eigenvalue weighted by Gasteiger charge is -2.27. The molecular formula is C14H24ClN3O. The number of halogens is 1. The van der Waals surface area contributed by atoms with Crippen LogP contribution in [0.1, 0.15) is 44.5 Å². The van der Waals surface area contributed by atoms with E-state index in [4.69, 9.17) is 22.1 Å². The number of aryl methyl sites for hydroxylation is 2. The fraction of sp³-hybridized carbons (Fsp3) is 0.786. The molecule has 5 heteroatoms. The van der Waals surface area contributed by atoms with Gasteiger partial charge in [0.25, 0.3) is 0 Å². The van der Waals surface area contributed by atoms with E-state index >= 15 is 0 Å². The lowest BCUT2D eigenvalue weighted by Crippen LogP contribution is -2.43. The summed E-state index contributed by atoms with van der Waals surface area (Å²) in [5.74, 6) is 0. The molecule has 1 aromatic heterocycles. The molecule has 0 radical (unpaired) electrons. The van der Waals surface area contributed by atoms with E-state index in [1.54, 1.807) is 0 Å². The summed E-state index contributed by atoms with van der Waals surface area (Å²) in [6.07, 6.45) is 4.55. The zero-order chi connectivity index (χ0) is 13.9. The number of aromatic nitrogens is 2. The fourth-order valence-corrected chi connectivity index (χ4v) is 3.06. The standard InChI is InChI=1S/C14H24ClN3O/c1-3-11-13(15)12(18(4-2)17-11)10-14(16)6-5-8-19-9-7-14/h3-10,16H2,1-2H3. The third kappa shape index (κ3) is 3.30. The highest BCUT2D eigenvalue weighted by Gasteiger charge is 2.30. The zero-order valence-electron chi connectivity index (χ0n) is 11.9. The van der Waals surface area contributed by atoms with Crippen molar-refractivity contribution in [2.75, 3.05) is 13.2 Å². The molecule has 0 amide bonds. The van der Waals surface area contributed by atoms with E-state index in [-0.39, 0.29) is 5.54 Å². The van der Waals surface area contributed by atoms with Crippen molar-refractivity contribution >= 4 is 11.6 Å². The minimum atomic E-state index is -0.210. The lowest BCUT2D eigenvalue weighted by molar-refractivity contribution is 0.139. The maximum atomic E-state index is 6.55. The molecule has 1 aliphatic rings. The molecule has 0 bridgehead atoms. The summed E-state index contributed by atoms with van der Waals surface area (Å²) >= 11 is 6.46. The van der Waals surface area contributed by atoms with Gasteiger partial charge in [-0.15, -0.1) is 0 Å². The molecule has 2 N–H and O–H groups in total. The fourth-order valence-electron chi connectivity index (χ4n) is 2.73. The van der Waals surface area contributed by atoms with Crippen molar-refractivity contribution in [3.8, 4) is 0 Å². The molecule has 0 spiro atoms. The Morgan fingerprint density at radius 3 is 2.84 bits per heavy atom. The van der Waals surface area contributed by atoms with Gasteiger partial charge in [-0.2, -0.15) is 5.10 Å². The smallest absolute Gasteiger partial charge is 0.0850 e. The van der Waals surface area contributed by atoms with Crippen molar-refractivity contribution in [3.05, 3.63) is 16.4 Å². The van der Waals surface area contributed by atoms with Crippen molar-refractivity contribution in [1.29, 1.82) is 0 Å². The Kier molecular flexibility index (Phi) is 4.87. The third-order valence-corrected chi connectivity index (χ3v) is 4.36. The van der Waals surface area contributed by atoms with Crippen molar-refractivity contribution in [2.45, 2.75) is 58.0 Å². The van der Waals surface area contributed by atoms with Crippen molar-refractivity contribution in [1.82, 2.24) is 9.78 Å². The largest absolute Gasteiger partial charge is 0.381 e. The van der Waals surface area contributed by atoms with Gasteiger partial charge in [0.1, 0.15) is 0 Å². The Morgan fingerprint density at radius 1 is 1.37 bits per heavy atom. The van der Waals surface area contributed by atoms with E-state index in [1.165, 1.54) is 0 Å². The number of ether oxygens (including phenoxy) is 1. The Hall–Kier alpha value is -0.580. The number of nitrogens with zero attached hydrogens (tertiary/aromatic N) is 2. The number of nitrogens with two attached hydrogens (primary N) is 1. The number of hydrogen-bond donors (Lipinski definition) is 1. The van der Waals surface area contributed by atoms with Crippen LogP contribution >= 0.6 is 11.6 Å². The second-order valence-corrected chi connectivity index (χ2v) is 5.76. The van der Waals surface area contributed by atoms with Crippen LogP contribution in [0.2, 0.25) is 5.02 Å². The maximum absolute atomic E-state index is 6.55. The predicted octanol–water partition coefficient (Wildman–Crippen LogP) is 2.56. The SMILES string of the molecule is CCc1nn(CC)c(CC2(N)CCCOCC2)c1Cl. The molecule has 1 unspecified atom stereocenters. The molecule has 0 saturated carbocycles. The molecule has 4 nitrogen and oxygen atoms in total. The second kappa shape index (κ2) is 6.25. The monoisotopic (exact) mass is 285 g/mol. The van der Waals surface area contributed by atoms with Gasteiger partial charge in [0.15, 0.2) is 0 Å². The van der Waals surface area contributed by atoms with Crippen LogP contribution in [0.25, 0.3) is 0 Å². The van der Waals surface area contributed by atoms with Gasteiger partial charge >= 0.3 is 0 Å². The van der Waals surface area contributed by atoms with E-state index in [9.17, 15) is 0 Å². The quantitative estimate of drug-likeness (QED) is 0.925. The molecule has 1 atom stereocenters. The summed E-state index contributed by atoms with van der Waals surface area (Å²) in [6, 6.07) is 0. The first kappa shape index (κ1) is 14.8. The van der Waals surface area contributed by atoms with Gasteiger partial charge in [-0.3, -0.25) is 4.68 Å². The van der Waals surface area contributed by atoms with Gasteiger partial charge in [-0.05, 0) is 32.6 Å². The normalized spacial score (nSPS) is 24.4. The van der Waals surface area contributed by atoms with Gasteiger partial charge in [-0.25, -0.2) is 0 Å². The Bertz CT molecular complexity index is 423. The molecule has 1 aliphatic heterocycles. The van der Waals surface area contributed by atoms with Gasteiger partial charge in [-0.1, -0.05) is 18.5 Å². The van der Waals surface area contributed by atoms with Crippen LogP contribution in [0.3, 0.4) is 0 Å². The van der Waals surface area contributed by atoms with E-state index in [0.29, 0.717) is 0 Å². The summed E-state index contributed by atoms with van der Waals surface area (Å²) in [5, 5.41) is 5.37. The first-order chi connectivity index (χ1) is 9.09. The molecule has 1 fully saturated rings. The Morgan fingerprint density at radius 2 is 2.16 bits per heavy atom. The van der Waals surface area contributed by atoms with Gasteiger partial charge in [0, 0.05) is 31.7 Å². The minimum absolute atomic E-state index is 0.210. The maximum Gasteiger partial charge on any atom is 0.0850 e. The number of hydrogen-bond acceptors (Lipinski definition) is 3. The first-order valence-electron chi connectivity index (χ1n) is 7.20. The van der Waals surface area contributed by atoms with Gasteiger partial charge in [0.05, 0.1) is 16.4 Å². The first-order valence-corrected chi connectivity index (χ1v) is 7.58. The Labute approximate surface area is 120 Å². The summed E-state index contributed by atoms with van der Waals surface area (Å²) in [5.41, 5.74) is 8.41. The molecule has 0 aliphatic carbocycles. The summed E-state index contributed by atoms with van der Waals surface area (Å²) in [7, 11) is 0. The molecule has 19 heavy (non-hydrogen) atoms. The van der Waals surface area contributed by atoms with Crippen molar-refractivity contribution in [3.63, 3.8) is 0 Å². The van der Waals surface area contributed by atoms with Crippen molar-refractivity contribution in [2.24, 2.45) is 5.73 Å². The molecular weight excluding hydrogens is 262 g/mol. The highest BCUT2D eigenvalue weighted by Crippen LogP contribution is 2.29. The topological polar surface area (TPSA) is 53.1 Å². The molecule has 1 aromatic rings. The second-order valence-electron chi connectivity index (χ2n) is 5.38. The molecule has 1 saturated heterocycles. The van der Waals surface area contributed by atoms with Crippen LogP contribution in [-0.4, -0.2) is 28.5 Å². The average Bonchev–Trinajstić information content (AvgIpc) is 2.57. The summed E-state index contributed by atoms with van der Waals surface area (Å²) in [6.45, 7) is 6.57. The lowest BCUT2D eigenvalue weighted by atomic mass is 9.87. The molecule has 2 heterocycles. The molecule has 2 rings (SSSR count). The minimum Gasteiger partial charge on any atom is -0.381 e. The highest BCUT2D eigenvalue weighted by molar-refractivity contribution is 6.31. The third-order valence-electron chi connectivity index (χ3n) is 3.92. The number of rotatable bonds is 4. The van der Waals surface area contributed by atoms with Crippen molar-refractivity contribution < 1.29 is 4.74 Å². The van der Waals surface area contributed by atoms with Crippen LogP contribution in [0.4, 0.5) is 0 Å². The zero-order valence-corrected chi connectivity index (χ0v) is 12.7. The summed E-state index contributed by atoms with van der Waals surface area (Å²) < 4.78 is 7.51. The average molecular weight is 286 g/mol. The van der Waals surface area contributed by atoms with E-state index in [2.05, 4.69) is 18.9 Å². The Balaban J connectivity index is 2.23. The van der Waals surface area contributed by atoms with E-state index < -0.39 is 0 Å². The van der Waals surface area contributed by atoms with E-state index in [1.807, 2.05) is 4.68 Å². The van der Waals surface area contributed by atoms with Gasteiger partial charge < -0.3 is 10.5 Å². The van der Waals surface area contributed by atoms with Crippen LogP contribution in [0, 0.1) is 0 Å². The molecule has 0 aromatic carbocycles. The van der Waals surface area contributed by atoms with Crippen LogP contribution in [0.15, 0.2) is 0 Å². The highest BCUT2D eigenvalue weighted by atomic mass is 35.5. The van der Waals surface area contributed by atoms with Gasteiger partial charge in [0.2, 0.25) is 0 Å².